The SMILES string of the molecule is CCC(N)C(Oc1ccccc1Cl)c1ccc(C)cc1. The highest BCUT2D eigenvalue weighted by atomic mass is 35.5. The Bertz CT molecular complexity index is 553. The Morgan fingerprint density at radius 3 is 2.35 bits per heavy atom. The molecule has 20 heavy (non-hydrogen) atoms. The molecule has 0 spiro atoms. The number of para-hydroxylation sites is 1. The molecule has 0 aliphatic carbocycles. The first-order valence-corrected chi connectivity index (χ1v) is 7.23. The van der Waals surface area contributed by atoms with E-state index < -0.39 is 0 Å². The van der Waals surface area contributed by atoms with Crippen LogP contribution in [0.2, 0.25) is 5.02 Å². The summed E-state index contributed by atoms with van der Waals surface area (Å²) in [5.74, 6) is 0.670. The van der Waals surface area contributed by atoms with Gasteiger partial charge in [-0.05, 0) is 31.0 Å². The third-order valence-corrected chi connectivity index (χ3v) is 3.67. The van der Waals surface area contributed by atoms with Crippen molar-refractivity contribution in [3.05, 3.63) is 64.7 Å². The molecule has 2 atom stereocenters. The summed E-state index contributed by atoms with van der Waals surface area (Å²) in [6.45, 7) is 4.12. The number of ether oxygens (including phenoxy) is 1. The highest BCUT2D eigenvalue weighted by Crippen LogP contribution is 2.30. The predicted octanol–water partition coefficient (Wildman–Crippen LogP) is 4.51. The maximum Gasteiger partial charge on any atom is 0.139 e. The summed E-state index contributed by atoms with van der Waals surface area (Å²) in [6, 6.07) is 15.7. The zero-order chi connectivity index (χ0) is 14.5. The van der Waals surface area contributed by atoms with Gasteiger partial charge in [0.25, 0.3) is 0 Å². The highest BCUT2D eigenvalue weighted by molar-refractivity contribution is 6.32. The van der Waals surface area contributed by atoms with Crippen molar-refractivity contribution in [2.24, 2.45) is 5.73 Å². The normalized spacial score (nSPS) is 13.8. The minimum Gasteiger partial charge on any atom is -0.483 e. The molecule has 106 valence electrons. The largest absolute Gasteiger partial charge is 0.483 e. The van der Waals surface area contributed by atoms with Crippen LogP contribution in [0.4, 0.5) is 0 Å². The maximum atomic E-state index is 6.22. The third kappa shape index (κ3) is 3.53. The molecule has 2 rings (SSSR count). The molecule has 0 fully saturated rings. The zero-order valence-electron chi connectivity index (χ0n) is 11.8. The summed E-state index contributed by atoms with van der Waals surface area (Å²) in [4.78, 5) is 0. The molecule has 0 bridgehead atoms. The molecular weight excluding hydrogens is 270 g/mol. The van der Waals surface area contributed by atoms with Gasteiger partial charge in [-0.1, -0.05) is 60.5 Å². The van der Waals surface area contributed by atoms with E-state index >= 15 is 0 Å². The summed E-state index contributed by atoms with van der Waals surface area (Å²) in [7, 11) is 0. The van der Waals surface area contributed by atoms with Gasteiger partial charge in [0.2, 0.25) is 0 Å². The quantitative estimate of drug-likeness (QED) is 0.879. The van der Waals surface area contributed by atoms with Crippen LogP contribution in [-0.4, -0.2) is 6.04 Å². The number of halogens is 1. The van der Waals surface area contributed by atoms with Crippen LogP contribution < -0.4 is 10.5 Å². The van der Waals surface area contributed by atoms with Crippen LogP contribution in [0.3, 0.4) is 0 Å². The van der Waals surface area contributed by atoms with Crippen molar-refractivity contribution in [2.45, 2.75) is 32.4 Å². The minimum atomic E-state index is -0.194. The molecule has 0 aliphatic heterocycles. The molecule has 0 heterocycles. The molecule has 2 aromatic rings. The van der Waals surface area contributed by atoms with Gasteiger partial charge in [0.15, 0.2) is 0 Å². The van der Waals surface area contributed by atoms with Gasteiger partial charge in [0.05, 0.1) is 5.02 Å². The number of hydrogen-bond acceptors (Lipinski definition) is 2. The van der Waals surface area contributed by atoms with Crippen molar-refractivity contribution in [2.75, 3.05) is 0 Å². The van der Waals surface area contributed by atoms with Gasteiger partial charge in [-0.2, -0.15) is 0 Å². The minimum absolute atomic E-state index is 0.0750. The van der Waals surface area contributed by atoms with Crippen LogP contribution in [0.15, 0.2) is 48.5 Å². The lowest BCUT2D eigenvalue weighted by atomic mass is 10.00. The first kappa shape index (κ1) is 14.9. The Morgan fingerprint density at radius 2 is 1.75 bits per heavy atom. The third-order valence-electron chi connectivity index (χ3n) is 3.36. The molecule has 0 saturated carbocycles. The van der Waals surface area contributed by atoms with Gasteiger partial charge in [-0.15, -0.1) is 0 Å². The Kier molecular flexibility index (Phi) is 5.05. The molecule has 0 radical (unpaired) electrons. The second kappa shape index (κ2) is 6.78. The molecular formula is C17H20ClNO. The highest BCUT2D eigenvalue weighted by Gasteiger charge is 2.21. The van der Waals surface area contributed by atoms with E-state index in [0.717, 1.165) is 12.0 Å². The lowest BCUT2D eigenvalue weighted by Gasteiger charge is -2.25. The fraction of sp³-hybridized carbons (Fsp3) is 0.294. The first-order chi connectivity index (χ1) is 9.61. The fourth-order valence-corrected chi connectivity index (χ4v) is 2.23. The van der Waals surface area contributed by atoms with E-state index in [0.29, 0.717) is 10.8 Å². The average Bonchev–Trinajstić information content (AvgIpc) is 2.47. The topological polar surface area (TPSA) is 35.2 Å². The van der Waals surface area contributed by atoms with Gasteiger partial charge >= 0.3 is 0 Å². The van der Waals surface area contributed by atoms with Crippen LogP contribution >= 0.6 is 11.6 Å². The van der Waals surface area contributed by atoms with Crippen LogP contribution in [0.25, 0.3) is 0 Å². The predicted molar refractivity (Wildman–Crippen MR) is 84.3 cm³/mol. The van der Waals surface area contributed by atoms with Crippen LogP contribution in [0.5, 0.6) is 5.75 Å². The lowest BCUT2D eigenvalue weighted by Crippen LogP contribution is -2.31. The van der Waals surface area contributed by atoms with E-state index in [9.17, 15) is 0 Å². The van der Waals surface area contributed by atoms with Gasteiger partial charge in [0, 0.05) is 6.04 Å². The van der Waals surface area contributed by atoms with Crippen molar-refractivity contribution < 1.29 is 4.74 Å². The van der Waals surface area contributed by atoms with Crippen molar-refractivity contribution in [3.63, 3.8) is 0 Å². The summed E-state index contributed by atoms with van der Waals surface area (Å²) < 4.78 is 6.07. The van der Waals surface area contributed by atoms with Gasteiger partial charge < -0.3 is 10.5 Å². The second-order valence-corrected chi connectivity index (χ2v) is 5.36. The van der Waals surface area contributed by atoms with Crippen LogP contribution in [-0.2, 0) is 0 Å². The second-order valence-electron chi connectivity index (χ2n) is 4.95. The van der Waals surface area contributed by atoms with Gasteiger partial charge in [-0.3, -0.25) is 0 Å². The van der Waals surface area contributed by atoms with E-state index in [2.05, 4.69) is 38.1 Å². The fourth-order valence-electron chi connectivity index (χ4n) is 2.05. The molecule has 0 aromatic heterocycles. The molecule has 3 heteroatoms. The molecule has 0 amide bonds. The van der Waals surface area contributed by atoms with E-state index in [1.54, 1.807) is 0 Å². The number of benzene rings is 2. The van der Waals surface area contributed by atoms with E-state index in [4.69, 9.17) is 22.1 Å². The number of nitrogens with two attached hydrogens (primary N) is 1. The van der Waals surface area contributed by atoms with E-state index in [1.807, 2.05) is 24.3 Å². The molecule has 2 nitrogen and oxygen atoms in total. The monoisotopic (exact) mass is 289 g/mol. The van der Waals surface area contributed by atoms with Crippen molar-refractivity contribution in [3.8, 4) is 5.75 Å². The summed E-state index contributed by atoms with van der Waals surface area (Å²) in [6.07, 6.45) is 0.642. The van der Waals surface area contributed by atoms with Crippen molar-refractivity contribution >= 4 is 11.6 Å². The maximum absolute atomic E-state index is 6.22. The Hall–Kier alpha value is -1.51. The zero-order valence-corrected chi connectivity index (χ0v) is 12.6. The number of rotatable bonds is 5. The van der Waals surface area contributed by atoms with Crippen molar-refractivity contribution in [1.82, 2.24) is 0 Å². The molecule has 0 aliphatic rings. The summed E-state index contributed by atoms with van der Waals surface area (Å²) in [5.41, 5.74) is 8.51. The number of aryl methyl sites for hydroxylation is 1. The molecule has 2 N–H and O–H groups in total. The summed E-state index contributed by atoms with van der Waals surface area (Å²) in [5, 5.41) is 0.605. The van der Waals surface area contributed by atoms with Gasteiger partial charge in [0.1, 0.15) is 11.9 Å². The van der Waals surface area contributed by atoms with E-state index in [-0.39, 0.29) is 12.1 Å². The lowest BCUT2D eigenvalue weighted by molar-refractivity contribution is 0.171. The average molecular weight is 290 g/mol. The smallest absolute Gasteiger partial charge is 0.139 e. The standard InChI is InChI=1S/C17H20ClNO/c1-3-15(19)17(13-10-8-12(2)9-11-13)20-16-7-5-4-6-14(16)18/h4-11,15,17H,3,19H2,1-2H3. The van der Waals surface area contributed by atoms with Crippen LogP contribution in [0, 0.1) is 6.92 Å². The van der Waals surface area contributed by atoms with Crippen LogP contribution in [0.1, 0.15) is 30.6 Å². The Morgan fingerprint density at radius 1 is 1.10 bits per heavy atom. The van der Waals surface area contributed by atoms with Gasteiger partial charge in [-0.25, -0.2) is 0 Å². The first-order valence-electron chi connectivity index (χ1n) is 6.85. The molecule has 2 aromatic carbocycles. The number of hydrogen-bond donors (Lipinski definition) is 1. The molecule has 2 unspecified atom stereocenters. The van der Waals surface area contributed by atoms with E-state index in [1.165, 1.54) is 5.56 Å². The van der Waals surface area contributed by atoms with Crippen molar-refractivity contribution in [1.29, 1.82) is 0 Å². The Balaban J connectivity index is 2.29. The molecule has 0 saturated heterocycles. The summed E-state index contributed by atoms with van der Waals surface area (Å²) >= 11 is 6.16. The Labute approximate surface area is 125 Å².